The van der Waals surface area contributed by atoms with Gasteiger partial charge in [0.1, 0.15) is 0 Å². The average molecular weight is 252 g/mol. The van der Waals surface area contributed by atoms with Crippen LogP contribution in [0, 0.1) is 5.92 Å². The molecule has 4 nitrogen and oxygen atoms in total. The van der Waals surface area contributed by atoms with Gasteiger partial charge >= 0.3 is 0 Å². The van der Waals surface area contributed by atoms with E-state index in [1.54, 1.807) is 11.8 Å². The highest BCUT2D eigenvalue weighted by molar-refractivity contribution is 7.98. The van der Waals surface area contributed by atoms with Crippen LogP contribution in [0.3, 0.4) is 0 Å². The summed E-state index contributed by atoms with van der Waals surface area (Å²) in [5.74, 6) is 6.54. The number of nitrogens with zero attached hydrogens (tertiary/aromatic N) is 1. The minimum absolute atomic E-state index is 0.512. The Kier molecular flexibility index (Phi) is 5.86. The van der Waals surface area contributed by atoms with Crippen molar-refractivity contribution < 1.29 is 0 Å². The molecule has 0 atom stereocenters. The molecule has 0 bridgehead atoms. The van der Waals surface area contributed by atoms with E-state index in [-0.39, 0.29) is 0 Å². The predicted octanol–water partition coefficient (Wildman–Crippen LogP) is 2.30. The second-order valence-electron chi connectivity index (χ2n) is 4.08. The predicted molar refractivity (Wildman–Crippen MR) is 76.3 cm³/mol. The largest absolute Gasteiger partial charge is 0.325 e. The summed E-state index contributed by atoms with van der Waals surface area (Å²) in [4.78, 5) is 5.56. The molecule has 4 N–H and O–H groups in total. The van der Waals surface area contributed by atoms with E-state index in [4.69, 9.17) is 5.84 Å². The number of hydrazine groups is 1. The summed E-state index contributed by atoms with van der Waals surface area (Å²) in [7, 11) is 0. The first-order valence-corrected chi connectivity index (χ1v) is 6.80. The zero-order chi connectivity index (χ0) is 12.7. The van der Waals surface area contributed by atoms with Crippen molar-refractivity contribution in [3.8, 4) is 0 Å². The molecule has 1 aromatic rings. The summed E-state index contributed by atoms with van der Waals surface area (Å²) in [5.41, 5.74) is 3.56. The molecule has 94 valence electrons. The second-order valence-corrected chi connectivity index (χ2v) is 4.96. The smallest absolute Gasteiger partial charge is 0.210 e. The summed E-state index contributed by atoms with van der Waals surface area (Å²) < 4.78 is 0. The zero-order valence-corrected chi connectivity index (χ0v) is 11.3. The molecule has 0 aliphatic heterocycles. The molecule has 1 rings (SSSR count). The molecule has 0 spiro atoms. The van der Waals surface area contributed by atoms with Gasteiger partial charge in [0.15, 0.2) is 0 Å². The number of nitrogens with two attached hydrogens (primary N) is 1. The Morgan fingerprint density at radius 3 is 2.82 bits per heavy atom. The third-order valence-electron chi connectivity index (χ3n) is 2.08. The van der Waals surface area contributed by atoms with E-state index in [9.17, 15) is 0 Å². The first kappa shape index (κ1) is 13.9. The van der Waals surface area contributed by atoms with E-state index in [0.717, 1.165) is 12.2 Å². The molecule has 0 aromatic heterocycles. The van der Waals surface area contributed by atoms with Crippen molar-refractivity contribution in [3.05, 3.63) is 24.3 Å². The lowest BCUT2D eigenvalue weighted by molar-refractivity contribution is 0.663. The van der Waals surface area contributed by atoms with Crippen LogP contribution in [-0.4, -0.2) is 18.8 Å². The number of anilines is 1. The third kappa shape index (κ3) is 5.10. The van der Waals surface area contributed by atoms with Gasteiger partial charge in [-0.05, 0) is 30.4 Å². The van der Waals surface area contributed by atoms with Gasteiger partial charge in [-0.3, -0.25) is 10.4 Å². The molecule has 0 fully saturated rings. The lowest BCUT2D eigenvalue weighted by Crippen LogP contribution is -2.36. The van der Waals surface area contributed by atoms with Crippen LogP contribution in [0.15, 0.2) is 34.2 Å². The molecule has 1 aromatic carbocycles. The first-order valence-electron chi connectivity index (χ1n) is 5.58. The number of hydrogen-bond donors (Lipinski definition) is 3. The lowest BCUT2D eigenvalue weighted by Gasteiger charge is -2.10. The Morgan fingerprint density at radius 2 is 2.24 bits per heavy atom. The molecule has 0 unspecified atom stereocenters. The Bertz CT molecular complexity index is 377. The summed E-state index contributed by atoms with van der Waals surface area (Å²) in [6.07, 6.45) is 2.05. The van der Waals surface area contributed by atoms with E-state index in [1.165, 1.54) is 4.90 Å². The molecule has 0 aliphatic rings. The van der Waals surface area contributed by atoms with Crippen molar-refractivity contribution in [1.82, 2.24) is 5.43 Å². The summed E-state index contributed by atoms with van der Waals surface area (Å²) in [6.45, 7) is 4.98. The van der Waals surface area contributed by atoms with E-state index in [0.29, 0.717) is 11.9 Å². The number of aliphatic imine (C=N–C) groups is 1. The first-order chi connectivity index (χ1) is 8.15. The standard InChI is InChI=1S/C12H20N4S/c1-9(2)8-14-12(16-13)15-10-5-4-6-11(7-10)17-3/h4-7,9H,8,13H2,1-3H3,(H2,14,15,16). The van der Waals surface area contributed by atoms with Crippen LogP contribution in [0.25, 0.3) is 0 Å². The van der Waals surface area contributed by atoms with Crippen molar-refractivity contribution in [1.29, 1.82) is 0 Å². The number of hydrogen-bond acceptors (Lipinski definition) is 3. The van der Waals surface area contributed by atoms with Crippen molar-refractivity contribution >= 4 is 23.4 Å². The molecule has 0 amide bonds. The summed E-state index contributed by atoms with van der Waals surface area (Å²) in [6, 6.07) is 8.12. The summed E-state index contributed by atoms with van der Waals surface area (Å²) in [5, 5.41) is 3.16. The van der Waals surface area contributed by atoms with Crippen molar-refractivity contribution in [2.45, 2.75) is 18.7 Å². The van der Waals surface area contributed by atoms with Gasteiger partial charge in [-0.25, -0.2) is 5.84 Å². The molecule has 0 saturated heterocycles. The fourth-order valence-electron chi connectivity index (χ4n) is 1.23. The van der Waals surface area contributed by atoms with E-state index >= 15 is 0 Å². The van der Waals surface area contributed by atoms with Gasteiger partial charge < -0.3 is 5.32 Å². The van der Waals surface area contributed by atoms with E-state index in [2.05, 4.69) is 41.7 Å². The van der Waals surface area contributed by atoms with Crippen LogP contribution in [0.4, 0.5) is 5.69 Å². The normalized spacial score (nSPS) is 11.7. The Hall–Kier alpha value is -1.20. The average Bonchev–Trinajstić information content (AvgIpc) is 2.34. The van der Waals surface area contributed by atoms with E-state index < -0.39 is 0 Å². The van der Waals surface area contributed by atoms with Gasteiger partial charge in [0, 0.05) is 17.1 Å². The van der Waals surface area contributed by atoms with Gasteiger partial charge in [0.05, 0.1) is 0 Å². The molecule has 17 heavy (non-hydrogen) atoms. The van der Waals surface area contributed by atoms with Gasteiger partial charge in [-0.15, -0.1) is 11.8 Å². The van der Waals surface area contributed by atoms with E-state index in [1.807, 2.05) is 18.4 Å². The Morgan fingerprint density at radius 1 is 1.47 bits per heavy atom. The highest BCUT2D eigenvalue weighted by Gasteiger charge is 1.99. The maximum atomic E-state index is 5.43. The minimum atomic E-state index is 0.512. The fraction of sp³-hybridized carbons (Fsp3) is 0.417. The maximum Gasteiger partial charge on any atom is 0.210 e. The molecule has 5 heteroatoms. The number of thioether (sulfide) groups is 1. The van der Waals surface area contributed by atoms with Crippen LogP contribution in [-0.2, 0) is 0 Å². The Labute approximate surface area is 107 Å². The van der Waals surface area contributed by atoms with Gasteiger partial charge in [-0.1, -0.05) is 19.9 Å². The fourth-order valence-corrected chi connectivity index (χ4v) is 1.69. The van der Waals surface area contributed by atoms with Crippen LogP contribution < -0.4 is 16.6 Å². The van der Waals surface area contributed by atoms with Crippen LogP contribution in [0.5, 0.6) is 0 Å². The quantitative estimate of drug-likeness (QED) is 0.253. The van der Waals surface area contributed by atoms with Gasteiger partial charge in [0.2, 0.25) is 5.96 Å². The lowest BCUT2D eigenvalue weighted by atomic mass is 10.2. The maximum absolute atomic E-state index is 5.43. The zero-order valence-electron chi connectivity index (χ0n) is 10.5. The molecular formula is C12H20N4S. The van der Waals surface area contributed by atoms with Crippen LogP contribution >= 0.6 is 11.8 Å². The number of nitrogens with one attached hydrogen (secondary N) is 2. The highest BCUT2D eigenvalue weighted by Crippen LogP contribution is 2.18. The van der Waals surface area contributed by atoms with Crippen molar-refractivity contribution in [2.24, 2.45) is 16.8 Å². The summed E-state index contributed by atoms with van der Waals surface area (Å²) >= 11 is 1.70. The monoisotopic (exact) mass is 252 g/mol. The topological polar surface area (TPSA) is 62.4 Å². The van der Waals surface area contributed by atoms with Crippen LogP contribution in [0.1, 0.15) is 13.8 Å². The van der Waals surface area contributed by atoms with Crippen molar-refractivity contribution in [2.75, 3.05) is 18.1 Å². The number of benzene rings is 1. The third-order valence-corrected chi connectivity index (χ3v) is 2.81. The second kappa shape index (κ2) is 7.19. The minimum Gasteiger partial charge on any atom is -0.325 e. The molecular weight excluding hydrogens is 232 g/mol. The molecule has 0 radical (unpaired) electrons. The number of rotatable bonds is 4. The molecule has 0 saturated carbocycles. The van der Waals surface area contributed by atoms with Gasteiger partial charge in [0.25, 0.3) is 0 Å². The number of guanidine groups is 1. The SMILES string of the molecule is CSc1cccc(NC(=NCC(C)C)NN)c1. The van der Waals surface area contributed by atoms with Crippen LogP contribution in [0.2, 0.25) is 0 Å². The van der Waals surface area contributed by atoms with Crippen molar-refractivity contribution in [3.63, 3.8) is 0 Å². The molecule has 0 heterocycles. The molecule has 0 aliphatic carbocycles. The van der Waals surface area contributed by atoms with Gasteiger partial charge in [-0.2, -0.15) is 0 Å². The highest BCUT2D eigenvalue weighted by atomic mass is 32.2. The Balaban J connectivity index is 2.69.